The smallest absolute Gasteiger partial charge is 0.262 e. The molecule has 3 heterocycles. The van der Waals surface area contributed by atoms with Crippen molar-refractivity contribution in [1.82, 2.24) is 25.1 Å². The standard InChI is InChI=1S/C19H18N6O4/c1-2-25-18(27)12-6-3-4-7-13(12)20-19(25)23-22-15(26)9-10-16-21-17(24-29-16)14-8-5-11-28-14/h3-8,11H,2,9-10H2,1H3,(H,20,23)(H,22,26). The number of aromatic nitrogens is 4. The van der Waals surface area contributed by atoms with Crippen molar-refractivity contribution >= 4 is 22.8 Å². The molecule has 0 bridgehead atoms. The van der Waals surface area contributed by atoms with Gasteiger partial charge < -0.3 is 8.94 Å². The van der Waals surface area contributed by atoms with E-state index in [9.17, 15) is 9.59 Å². The van der Waals surface area contributed by atoms with E-state index in [0.29, 0.717) is 34.9 Å². The summed E-state index contributed by atoms with van der Waals surface area (Å²) in [4.78, 5) is 33.3. The average molecular weight is 394 g/mol. The number of rotatable bonds is 7. The highest BCUT2D eigenvalue weighted by molar-refractivity contribution is 5.80. The van der Waals surface area contributed by atoms with Crippen molar-refractivity contribution in [3.05, 3.63) is 58.9 Å². The van der Waals surface area contributed by atoms with Crippen LogP contribution in [0.1, 0.15) is 19.2 Å². The molecule has 0 fully saturated rings. The van der Waals surface area contributed by atoms with E-state index in [1.54, 1.807) is 36.4 Å². The minimum atomic E-state index is -0.312. The van der Waals surface area contributed by atoms with E-state index in [1.165, 1.54) is 10.8 Å². The normalized spacial score (nSPS) is 10.9. The van der Waals surface area contributed by atoms with Crippen molar-refractivity contribution in [3.8, 4) is 11.6 Å². The third-order valence-electron chi connectivity index (χ3n) is 4.27. The molecule has 0 saturated carbocycles. The van der Waals surface area contributed by atoms with E-state index < -0.39 is 0 Å². The van der Waals surface area contributed by atoms with E-state index in [4.69, 9.17) is 8.94 Å². The molecule has 0 radical (unpaired) electrons. The van der Waals surface area contributed by atoms with Crippen LogP contribution in [0.25, 0.3) is 22.5 Å². The lowest BCUT2D eigenvalue weighted by Crippen LogP contribution is -2.34. The predicted octanol–water partition coefficient (Wildman–Crippen LogP) is 2.14. The van der Waals surface area contributed by atoms with Gasteiger partial charge >= 0.3 is 0 Å². The van der Waals surface area contributed by atoms with Crippen molar-refractivity contribution in [2.24, 2.45) is 0 Å². The first-order valence-electron chi connectivity index (χ1n) is 9.06. The quantitative estimate of drug-likeness (QED) is 0.456. The van der Waals surface area contributed by atoms with Crippen LogP contribution in [0, 0.1) is 0 Å². The van der Waals surface area contributed by atoms with Gasteiger partial charge in [0, 0.05) is 19.4 Å². The van der Waals surface area contributed by atoms with Crippen LogP contribution in [0.3, 0.4) is 0 Å². The van der Waals surface area contributed by atoms with Crippen LogP contribution in [0.2, 0.25) is 0 Å². The summed E-state index contributed by atoms with van der Waals surface area (Å²) in [7, 11) is 0. The molecule has 148 valence electrons. The van der Waals surface area contributed by atoms with Gasteiger partial charge in [0.15, 0.2) is 5.76 Å². The van der Waals surface area contributed by atoms with Crippen LogP contribution in [-0.2, 0) is 17.8 Å². The molecule has 3 aromatic heterocycles. The van der Waals surface area contributed by atoms with Gasteiger partial charge in [0.05, 0.1) is 17.2 Å². The predicted molar refractivity (Wildman–Crippen MR) is 104 cm³/mol. The van der Waals surface area contributed by atoms with Crippen LogP contribution < -0.4 is 16.4 Å². The molecule has 0 saturated heterocycles. The van der Waals surface area contributed by atoms with E-state index in [2.05, 4.69) is 26.0 Å². The molecular formula is C19H18N6O4. The Balaban J connectivity index is 1.39. The van der Waals surface area contributed by atoms with Gasteiger partial charge in [0.1, 0.15) is 0 Å². The highest BCUT2D eigenvalue weighted by Gasteiger charge is 2.13. The molecule has 0 spiro atoms. The Kier molecular flexibility index (Phi) is 5.06. The van der Waals surface area contributed by atoms with E-state index in [-0.39, 0.29) is 30.3 Å². The molecule has 0 aliphatic heterocycles. The number of hydrazine groups is 1. The van der Waals surface area contributed by atoms with E-state index in [0.717, 1.165) is 0 Å². The lowest BCUT2D eigenvalue weighted by atomic mass is 10.2. The second-order valence-electron chi connectivity index (χ2n) is 6.16. The van der Waals surface area contributed by atoms with Crippen LogP contribution in [0.15, 0.2) is 56.4 Å². The molecule has 1 amide bonds. The van der Waals surface area contributed by atoms with Gasteiger partial charge in [-0.25, -0.2) is 4.98 Å². The fourth-order valence-corrected chi connectivity index (χ4v) is 2.83. The van der Waals surface area contributed by atoms with Crippen LogP contribution in [0.5, 0.6) is 0 Å². The van der Waals surface area contributed by atoms with Gasteiger partial charge in [-0.15, -0.1) is 0 Å². The van der Waals surface area contributed by atoms with Crippen LogP contribution >= 0.6 is 0 Å². The van der Waals surface area contributed by atoms with Gasteiger partial charge in [0.2, 0.25) is 23.6 Å². The molecule has 4 aromatic rings. The third kappa shape index (κ3) is 3.86. The Bertz CT molecular complexity index is 1200. The van der Waals surface area contributed by atoms with Crippen molar-refractivity contribution in [2.75, 3.05) is 5.43 Å². The third-order valence-corrected chi connectivity index (χ3v) is 4.27. The number of nitrogens with zero attached hydrogens (tertiary/aromatic N) is 4. The highest BCUT2D eigenvalue weighted by Crippen LogP contribution is 2.16. The van der Waals surface area contributed by atoms with Gasteiger partial charge in [-0.3, -0.25) is 25.0 Å². The maximum atomic E-state index is 12.6. The lowest BCUT2D eigenvalue weighted by molar-refractivity contribution is -0.120. The van der Waals surface area contributed by atoms with Crippen molar-refractivity contribution < 1.29 is 13.7 Å². The summed E-state index contributed by atoms with van der Waals surface area (Å²) >= 11 is 0. The molecule has 0 aliphatic rings. The molecule has 10 heteroatoms. The summed E-state index contributed by atoms with van der Waals surface area (Å²) in [6, 6.07) is 10.5. The van der Waals surface area contributed by atoms with E-state index >= 15 is 0 Å². The number of para-hydroxylation sites is 1. The van der Waals surface area contributed by atoms with Gasteiger partial charge in [0.25, 0.3) is 5.56 Å². The Morgan fingerprint density at radius 3 is 2.83 bits per heavy atom. The Hall–Kier alpha value is -3.95. The molecular weight excluding hydrogens is 376 g/mol. The Morgan fingerprint density at radius 2 is 2.03 bits per heavy atom. The Morgan fingerprint density at radius 1 is 1.17 bits per heavy atom. The summed E-state index contributed by atoms with van der Waals surface area (Å²) in [5.41, 5.74) is 5.66. The SMILES string of the molecule is CCn1c(NNC(=O)CCc2nc(-c3ccco3)no2)nc2ccccc2c1=O. The van der Waals surface area contributed by atoms with Crippen LogP contribution in [-0.4, -0.2) is 25.6 Å². The van der Waals surface area contributed by atoms with Crippen molar-refractivity contribution in [1.29, 1.82) is 0 Å². The number of furan rings is 1. The zero-order valence-electron chi connectivity index (χ0n) is 15.6. The summed E-state index contributed by atoms with van der Waals surface area (Å²) in [5, 5.41) is 4.34. The molecule has 0 aliphatic carbocycles. The fourth-order valence-electron chi connectivity index (χ4n) is 2.83. The average Bonchev–Trinajstić information content (AvgIpc) is 3.42. The number of hydrogen-bond donors (Lipinski definition) is 2. The van der Waals surface area contributed by atoms with Crippen molar-refractivity contribution in [2.45, 2.75) is 26.3 Å². The van der Waals surface area contributed by atoms with Gasteiger partial charge in [-0.1, -0.05) is 17.3 Å². The number of benzene rings is 1. The highest BCUT2D eigenvalue weighted by atomic mass is 16.5. The number of carbonyl (C=O) groups is 1. The maximum Gasteiger partial charge on any atom is 0.262 e. The first kappa shape index (κ1) is 18.4. The largest absolute Gasteiger partial charge is 0.461 e. The lowest BCUT2D eigenvalue weighted by Gasteiger charge is -2.13. The monoisotopic (exact) mass is 394 g/mol. The maximum absolute atomic E-state index is 12.6. The van der Waals surface area contributed by atoms with Crippen molar-refractivity contribution in [3.63, 3.8) is 0 Å². The molecule has 1 aromatic carbocycles. The molecule has 0 atom stereocenters. The van der Waals surface area contributed by atoms with E-state index in [1.807, 2.05) is 6.92 Å². The second kappa shape index (κ2) is 7.97. The fraction of sp³-hybridized carbons (Fsp3) is 0.211. The number of anilines is 1. The first-order valence-corrected chi connectivity index (χ1v) is 9.06. The number of aryl methyl sites for hydroxylation is 1. The minimum absolute atomic E-state index is 0.108. The van der Waals surface area contributed by atoms with Gasteiger partial charge in [-0.2, -0.15) is 4.98 Å². The van der Waals surface area contributed by atoms with Gasteiger partial charge in [-0.05, 0) is 31.2 Å². The number of carbonyl (C=O) groups excluding carboxylic acids is 1. The molecule has 0 unspecified atom stereocenters. The first-order chi connectivity index (χ1) is 14.2. The number of hydrogen-bond acceptors (Lipinski definition) is 8. The number of fused-ring (bicyclic) bond motifs is 1. The topological polar surface area (TPSA) is 128 Å². The van der Waals surface area contributed by atoms with Crippen LogP contribution in [0.4, 0.5) is 5.95 Å². The summed E-state index contributed by atoms with van der Waals surface area (Å²) < 4.78 is 11.8. The summed E-state index contributed by atoms with van der Waals surface area (Å²) in [6.07, 6.45) is 1.88. The Labute approximate surface area is 164 Å². The summed E-state index contributed by atoms with van der Waals surface area (Å²) in [6.45, 7) is 2.24. The summed E-state index contributed by atoms with van der Waals surface area (Å²) in [5.74, 6) is 1.10. The zero-order valence-corrected chi connectivity index (χ0v) is 15.6. The molecule has 29 heavy (non-hydrogen) atoms. The number of nitrogens with one attached hydrogen (secondary N) is 2. The molecule has 4 rings (SSSR count). The molecule has 2 N–H and O–H groups in total. The number of amides is 1. The zero-order chi connectivity index (χ0) is 20.2. The second-order valence-corrected chi connectivity index (χ2v) is 6.16. The molecule has 10 nitrogen and oxygen atoms in total. The minimum Gasteiger partial charge on any atom is -0.461 e.